The lowest BCUT2D eigenvalue weighted by molar-refractivity contribution is 0.679. The summed E-state index contributed by atoms with van der Waals surface area (Å²) < 4.78 is 0. The highest BCUT2D eigenvalue weighted by Gasteiger charge is 2.28. The lowest BCUT2D eigenvalue weighted by Gasteiger charge is -2.25. The van der Waals surface area contributed by atoms with Crippen LogP contribution in [-0.4, -0.2) is 33.5 Å². The van der Waals surface area contributed by atoms with Gasteiger partial charge in [0.15, 0.2) is 0 Å². The molecule has 0 radical (unpaired) electrons. The summed E-state index contributed by atoms with van der Waals surface area (Å²) >= 11 is 0. The largest absolute Gasteiger partial charge is 0.373 e. The Hall–Kier alpha value is -2.24. The van der Waals surface area contributed by atoms with Crippen LogP contribution in [0.3, 0.4) is 0 Å². The summed E-state index contributed by atoms with van der Waals surface area (Å²) in [5.41, 5.74) is 1.05. The lowest BCUT2D eigenvalue weighted by Crippen LogP contribution is -2.24. The molecule has 6 heteroatoms. The molecular weight excluding hydrogens is 252 g/mol. The fraction of sp³-hybridized carbons (Fsp3) is 0.429. The number of hydrogen-bond donors (Lipinski definition) is 1. The maximum atomic E-state index is 4.60. The molecule has 3 heterocycles. The molecule has 6 nitrogen and oxygen atoms in total. The molecule has 2 aromatic heterocycles. The van der Waals surface area contributed by atoms with Crippen LogP contribution in [0.5, 0.6) is 0 Å². The maximum absolute atomic E-state index is 4.60. The third kappa shape index (κ3) is 2.41. The summed E-state index contributed by atoms with van der Waals surface area (Å²) in [6.07, 6.45) is 7.46. The van der Waals surface area contributed by atoms with Crippen molar-refractivity contribution in [2.24, 2.45) is 0 Å². The number of hydrogen-bond acceptors (Lipinski definition) is 6. The SMILES string of the molecule is CNc1cc([C@@H]2CCCN2c2cnccn2)nc(C)n1. The molecule has 1 aliphatic rings. The Morgan fingerprint density at radius 1 is 1.30 bits per heavy atom. The molecule has 0 unspecified atom stereocenters. The fourth-order valence-electron chi connectivity index (χ4n) is 2.68. The molecule has 0 aliphatic carbocycles. The van der Waals surface area contributed by atoms with Gasteiger partial charge < -0.3 is 10.2 Å². The Bertz CT molecular complexity index is 585. The van der Waals surface area contributed by atoms with Gasteiger partial charge in [-0.3, -0.25) is 4.98 Å². The minimum atomic E-state index is 0.250. The minimum absolute atomic E-state index is 0.250. The van der Waals surface area contributed by atoms with Gasteiger partial charge in [-0.05, 0) is 19.8 Å². The van der Waals surface area contributed by atoms with Gasteiger partial charge in [0.25, 0.3) is 0 Å². The van der Waals surface area contributed by atoms with Gasteiger partial charge in [-0.25, -0.2) is 15.0 Å². The normalized spacial score (nSPS) is 18.3. The van der Waals surface area contributed by atoms with Gasteiger partial charge in [-0.15, -0.1) is 0 Å². The van der Waals surface area contributed by atoms with Crippen molar-refractivity contribution in [3.63, 3.8) is 0 Å². The molecule has 104 valence electrons. The Labute approximate surface area is 118 Å². The molecule has 3 rings (SSSR count). The van der Waals surface area contributed by atoms with Crippen LogP contribution in [0.2, 0.25) is 0 Å². The first-order chi connectivity index (χ1) is 9.78. The van der Waals surface area contributed by atoms with E-state index >= 15 is 0 Å². The number of nitrogens with one attached hydrogen (secondary N) is 1. The van der Waals surface area contributed by atoms with Crippen molar-refractivity contribution in [3.05, 3.63) is 36.2 Å². The summed E-state index contributed by atoms with van der Waals surface area (Å²) in [5.74, 6) is 2.56. The molecule has 0 bridgehead atoms. The summed E-state index contributed by atoms with van der Waals surface area (Å²) in [6.45, 7) is 2.91. The van der Waals surface area contributed by atoms with E-state index < -0.39 is 0 Å². The second-order valence-electron chi connectivity index (χ2n) is 4.89. The first-order valence-electron chi connectivity index (χ1n) is 6.84. The molecule has 1 atom stereocenters. The number of aryl methyl sites for hydroxylation is 1. The van der Waals surface area contributed by atoms with Crippen LogP contribution in [0.1, 0.15) is 30.4 Å². The monoisotopic (exact) mass is 270 g/mol. The molecule has 2 aromatic rings. The van der Waals surface area contributed by atoms with Gasteiger partial charge in [0.1, 0.15) is 17.5 Å². The van der Waals surface area contributed by atoms with Gasteiger partial charge in [-0.2, -0.15) is 0 Å². The standard InChI is InChI=1S/C14H18N6/c1-10-18-11(8-13(15-2)19-10)12-4-3-7-20(12)14-9-16-5-6-17-14/h5-6,8-9,12H,3-4,7H2,1-2H3,(H,15,18,19)/t12-/m0/s1. The van der Waals surface area contributed by atoms with E-state index in [0.717, 1.165) is 42.5 Å². The zero-order chi connectivity index (χ0) is 13.9. The first kappa shape index (κ1) is 12.8. The molecule has 0 spiro atoms. The van der Waals surface area contributed by atoms with E-state index in [2.05, 4.69) is 30.2 Å². The van der Waals surface area contributed by atoms with Crippen LogP contribution in [-0.2, 0) is 0 Å². The third-order valence-corrected chi connectivity index (χ3v) is 3.55. The van der Waals surface area contributed by atoms with Crippen molar-refractivity contribution in [1.82, 2.24) is 19.9 Å². The van der Waals surface area contributed by atoms with Crippen molar-refractivity contribution in [2.75, 3.05) is 23.8 Å². The molecule has 1 saturated heterocycles. The number of anilines is 2. The molecule has 20 heavy (non-hydrogen) atoms. The number of rotatable bonds is 3. The summed E-state index contributed by atoms with van der Waals surface area (Å²) in [4.78, 5) is 19.8. The quantitative estimate of drug-likeness (QED) is 0.919. The zero-order valence-corrected chi connectivity index (χ0v) is 11.7. The van der Waals surface area contributed by atoms with Crippen LogP contribution >= 0.6 is 0 Å². The smallest absolute Gasteiger partial charge is 0.147 e. The van der Waals surface area contributed by atoms with Crippen molar-refractivity contribution in [1.29, 1.82) is 0 Å². The predicted octanol–water partition coefficient (Wildman–Crippen LogP) is 1.96. The molecule has 1 aliphatic heterocycles. The van der Waals surface area contributed by atoms with Crippen LogP contribution in [0.15, 0.2) is 24.7 Å². The highest BCUT2D eigenvalue weighted by Crippen LogP contribution is 2.34. The van der Waals surface area contributed by atoms with E-state index in [1.165, 1.54) is 0 Å². The molecule has 0 aromatic carbocycles. The Kier molecular flexibility index (Phi) is 3.45. The van der Waals surface area contributed by atoms with Gasteiger partial charge in [0, 0.05) is 32.1 Å². The second kappa shape index (κ2) is 5.40. The molecule has 0 saturated carbocycles. The topological polar surface area (TPSA) is 66.8 Å². The van der Waals surface area contributed by atoms with Crippen molar-refractivity contribution in [3.8, 4) is 0 Å². The van der Waals surface area contributed by atoms with Crippen molar-refractivity contribution >= 4 is 11.6 Å². The minimum Gasteiger partial charge on any atom is -0.373 e. The van der Waals surface area contributed by atoms with E-state index in [4.69, 9.17) is 0 Å². The van der Waals surface area contributed by atoms with Crippen LogP contribution in [0.25, 0.3) is 0 Å². The zero-order valence-electron chi connectivity index (χ0n) is 11.7. The van der Waals surface area contributed by atoms with Gasteiger partial charge in [-0.1, -0.05) is 0 Å². The summed E-state index contributed by atoms with van der Waals surface area (Å²) in [6, 6.07) is 2.27. The molecule has 0 amide bonds. The predicted molar refractivity (Wildman–Crippen MR) is 77.7 cm³/mol. The Balaban J connectivity index is 1.94. The van der Waals surface area contributed by atoms with Gasteiger partial charge >= 0.3 is 0 Å². The summed E-state index contributed by atoms with van der Waals surface area (Å²) in [7, 11) is 1.88. The molecule has 1 N–H and O–H groups in total. The van der Waals surface area contributed by atoms with Crippen LogP contribution < -0.4 is 10.2 Å². The summed E-state index contributed by atoms with van der Waals surface area (Å²) in [5, 5.41) is 3.09. The first-order valence-corrected chi connectivity index (χ1v) is 6.84. The molecular formula is C14H18N6. The second-order valence-corrected chi connectivity index (χ2v) is 4.89. The van der Waals surface area contributed by atoms with Crippen molar-refractivity contribution < 1.29 is 0 Å². The average molecular weight is 270 g/mol. The number of aromatic nitrogens is 4. The van der Waals surface area contributed by atoms with Crippen molar-refractivity contribution in [2.45, 2.75) is 25.8 Å². The third-order valence-electron chi connectivity index (χ3n) is 3.55. The van der Waals surface area contributed by atoms with E-state index in [1.807, 2.05) is 26.2 Å². The van der Waals surface area contributed by atoms with Crippen LogP contribution in [0, 0.1) is 6.92 Å². The van der Waals surface area contributed by atoms with E-state index in [0.29, 0.717) is 0 Å². The Morgan fingerprint density at radius 3 is 2.95 bits per heavy atom. The van der Waals surface area contributed by atoms with Gasteiger partial charge in [0.2, 0.25) is 0 Å². The van der Waals surface area contributed by atoms with E-state index in [1.54, 1.807) is 12.4 Å². The van der Waals surface area contributed by atoms with E-state index in [-0.39, 0.29) is 6.04 Å². The van der Waals surface area contributed by atoms with Crippen LogP contribution in [0.4, 0.5) is 11.6 Å². The molecule has 1 fully saturated rings. The highest BCUT2D eigenvalue weighted by atomic mass is 15.2. The maximum Gasteiger partial charge on any atom is 0.147 e. The average Bonchev–Trinajstić information content (AvgIpc) is 2.97. The Morgan fingerprint density at radius 2 is 2.20 bits per heavy atom. The lowest BCUT2D eigenvalue weighted by atomic mass is 10.1. The van der Waals surface area contributed by atoms with Gasteiger partial charge in [0.05, 0.1) is 17.9 Å². The van der Waals surface area contributed by atoms with E-state index in [9.17, 15) is 0 Å². The highest BCUT2D eigenvalue weighted by molar-refractivity contribution is 5.43. The fourth-order valence-corrected chi connectivity index (χ4v) is 2.68. The number of nitrogens with zero attached hydrogens (tertiary/aromatic N) is 5.